The van der Waals surface area contributed by atoms with Crippen molar-refractivity contribution in [1.82, 2.24) is 20.9 Å². The number of guanidine groups is 1. The van der Waals surface area contributed by atoms with E-state index in [-0.39, 0.29) is 11.9 Å². The number of hydrogen-bond donors (Lipinski definition) is 3. The molecule has 0 saturated carbocycles. The number of amides is 1. The summed E-state index contributed by atoms with van der Waals surface area (Å²) >= 11 is 0. The van der Waals surface area contributed by atoms with Crippen LogP contribution in [-0.4, -0.2) is 84.5 Å². The monoisotopic (exact) mass is 435 g/mol. The first-order chi connectivity index (χ1) is 14.9. The van der Waals surface area contributed by atoms with Crippen LogP contribution < -0.4 is 25.4 Å². The Morgan fingerprint density at radius 1 is 1.19 bits per heavy atom. The number of aliphatic imine (C=N–C) groups is 1. The molecule has 0 bridgehead atoms. The molecule has 0 aliphatic carbocycles. The molecule has 2 rings (SSSR count). The number of morpholine rings is 1. The lowest BCUT2D eigenvalue weighted by atomic mass is 9.92. The molecule has 1 unspecified atom stereocenters. The van der Waals surface area contributed by atoms with Crippen molar-refractivity contribution >= 4 is 11.9 Å². The van der Waals surface area contributed by atoms with Crippen LogP contribution in [0.4, 0.5) is 0 Å². The Balaban J connectivity index is 2.13. The number of carbonyl (C=O) groups is 1. The van der Waals surface area contributed by atoms with Crippen LogP contribution >= 0.6 is 0 Å². The fourth-order valence-electron chi connectivity index (χ4n) is 3.54. The number of benzene rings is 1. The third-order valence-corrected chi connectivity index (χ3v) is 5.50. The Kier molecular flexibility index (Phi) is 9.39. The standard InChI is InChI=1S/C22H37N5O4/c1-22(2,20(28)23-3)15-26-21(24-4)25-14-17(27-9-11-31-12-10-27)16-7-8-18(29-5)19(13-16)30-6/h7-8,13,17H,9-12,14-15H2,1-6H3,(H,23,28)(H2,24,25,26). The lowest BCUT2D eigenvalue weighted by Crippen LogP contribution is -2.49. The Bertz CT molecular complexity index is 747. The second-order valence-corrected chi connectivity index (χ2v) is 8.05. The van der Waals surface area contributed by atoms with E-state index in [1.165, 1.54) is 0 Å². The zero-order valence-electron chi connectivity index (χ0n) is 19.6. The molecule has 174 valence electrons. The average Bonchev–Trinajstić information content (AvgIpc) is 2.80. The molecule has 9 heteroatoms. The molecule has 1 heterocycles. The van der Waals surface area contributed by atoms with Gasteiger partial charge < -0.3 is 30.2 Å². The van der Waals surface area contributed by atoms with Crippen LogP contribution in [-0.2, 0) is 9.53 Å². The van der Waals surface area contributed by atoms with Crippen molar-refractivity contribution in [3.05, 3.63) is 23.8 Å². The van der Waals surface area contributed by atoms with Crippen LogP contribution in [0.2, 0.25) is 0 Å². The topological polar surface area (TPSA) is 96.5 Å². The molecular weight excluding hydrogens is 398 g/mol. The van der Waals surface area contributed by atoms with Gasteiger partial charge in [0, 0.05) is 40.3 Å². The SMILES string of the molecule is CN=C(NCC(c1ccc(OC)c(OC)c1)N1CCOCC1)NCC(C)(C)C(=O)NC. The fraction of sp³-hybridized carbons (Fsp3) is 0.636. The number of carbonyl (C=O) groups excluding carboxylic acids is 1. The second kappa shape index (κ2) is 11.8. The van der Waals surface area contributed by atoms with Gasteiger partial charge in [0.25, 0.3) is 0 Å². The molecule has 0 spiro atoms. The maximum atomic E-state index is 12.1. The third-order valence-electron chi connectivity index (χ3n) is 5.50. The molecule has 1 atom stereocenters. The number of rotatable bonds is 9. The highest BCUT2D eigenvalue weighted by Crippen LogP contribution is 2.32. The van der Waals surface area contributed by atoms with E-state index in [2.05, 4.69) is 31.9 Å². The number of methoxy groups -OCH3 is 2. The van der Waals surface area contributed by atoms with Gasteiger partial charge in [0.1, 0.15) is 0 Å². The summed E-state index contributed by atoms with van der Waals surface area (Å²) in [6.45, 7) is 7.99. The summed E-state index contributed by atoms with van der Waals surface area (Å²) in [6, 6.07) is 6.11. The zero-order chi connectivity index (χ0) is 22.9. The van der Waals surface area contributed by atoms with E-state index in [4.69, 9.17) is 14.2 Å². The maximum Gasteiger partial charge on any atom is 0.227 e. The molecular formula is C22H37N5O4. The van der Waals surface area contributed by atoms with Gasteiger partial charge in [-0.15, -0.1) is 0 Å². The predicted molar refractivity (Wildman–Crippen MR) is 122 cm³/mol. The highest BCUT2D eigenvalue weighted by Gasteiger charge is 2.27. The van der Waals surface area contributed by atoms with Crippen LogP contribution in [0.25, 0.3) is 0 Å². The molecule has 1 aromatic carbocycles. The Hall–Kier alpha value is -2.52. The molecule has 1 aliphatic heterocycles. The normalized spacial score (nSPS) is 16.4. The minimum absolute atomic E-state index is 0.0213. The van der Waals surface area contributed by atoms with Crippen molar-refractivity contribution in [2.45, 2.75) is 19.9 Å². The summed E-state index contributed by atoms with van der Waals surface area (Å²) < 4.78 is 16.4. The molecule has 1 aliphatic rings. The Morgan fingerprint density at radius 2 is 1.87 bits per heavy atom. The van der Waals surface area contributed by atoms with Gasteiger partial charge in [-0.2, -0.15) is 0 Å². The van der Waals surface area contributed by atoms with E-state index in [0.29, 0.717) is 43.8 Å². The highest BCUT2D eigenvalue weighted by atomic mass is 16.5. The van der Waals surface area contributed by atoms with E-state index < -0.39 is 5.41 Å². The van der Waals surface area contributed by atoms with Gasteiger partial charge in [0.05, 0.1) is 38.9 Å². The van der Waals surface area contributed by atoms with E-state index >= 15 is 0 Å². The minimum atomic E-state index is -0.556. The van der Waals surface area contributed by atoms with Crippen LogP contribution in [0, 0.1) is 5.41 Å². The van der Waals surface area contributed by atoms with Crippen molar-refractivity contribution in [3.8, 4) is 11.5 Å². The van der Waals surface area contributed by atoms with E-state index in [1.807, 2.05) is 26.0 Å². The Labute approximate surface area is 185 Å². The van der Waals surface area contributed by atoms with Crippen LogP contribution in [0.5, 0.6) is 11.5 Å². The van der Waals surface area contributed by atoms with Gasteiger partial charge in [0.2, 0.25) is 5.91 Å². The lowest BCUT2D eigenvalue weighted by Gasteiger charge is -2.35. The van der Waals surface area contributed by atoms with Gasteiger partial charge in [0.15, 0.2) is 17.5 Å². The van der Waals surface area contributed by atoms with Crippen molar-refractivity contribution in [2.75, 3.05) is 67.7 Å². The first-order valence-corrected chi connectivity index (χ1v) is 10.6. The highest BCUT2D eigenvalue weighted by molar-refractivity contribution is 5.84. The smallest absolute Gasteiger partial charge is 0.227 e. The van der Waals surface area contributed by atoms with Gasteiger partial charge in [-0.3, -0.25) is 14.7 Å². The number of nitrogens with one attached hydrogen (secondary N) is 3. The zero-order valence-corrected chi connectivity index (χ0v) is 19.6. The summed E-state index contributed by atoms with van der Waals surface area (Å²) in [6.07, 6.45) is 0. The second-order valence-electron chi connectivity index (χ2n) is 8.05. The summed E-state index contributed by atoms with van der Waals surface area (Å²) in [5, 5.41) is 9.38. The fourth-order valence-corrected chi connectivity index (χ4v) is 3.54. The van der Waals surface area contributed by atoms with Crippen molar-refractivity contribution in [3.63, 3.8) is 0 Å². The minimum Gasteiger partial charge on any atom is -0.493 e. The van der Waals surface area contributed by atoms with Crippen LogP contribution in [0.3, 0.4) is 0 Å². The van der Waals surface area contributed by atoms with Gasteiger partial charge in [-0.05, 0) is 31.5 Å². The molecule has 1 amide bonds. The quantitative estimate of drug-likeness (QED) is 0.394. The molecule has 0 radical (unpaired) electrons. The number of hydrogen-bond acceptors (Lipinski definition) is 6. The summed E-state index contributed by atoms with van der Waals surface area (Å²) in [5.74, 6) is 2.03. The molecule has 1 saturated heterocycles. The summed E-state index contributed by atoms with van der Waals surface area (Å²) in [4.78, 5) is 18.8. The van der Waals surface area contributed by atoms with Gasteiger partial charge in [-0.25, -0.2) is 0 Å². The largest absolute Gasteiger partial charge is 0.493 e. The summed E-state index contributed by atoms with van der Waals surface area (Å²) in [5.41, 5.74) is 0.562. The third kappa shape index (κ3) is 6.73. The van der Waals surface area contributed by atoms with E-state index in [1.54, 1.807) is 28.3 Å². The molecule has 9 nitrogen and oxygen atoms in total. The van der Waals surface area contributed by atoms with Gasteiger partial charge in [-0.1, -0.05) is 6.07 Å². The molecule has 1 fully saturated rings. The van der Waals surface area contributed by atoms with Gasteiger partial charge >= 0.3 is 0 Å². The number of ether oxygens (including phenoxy) is 3. The summed E-state index contributed by atoms with van der Waals surface area (Å²) in [7, 11) is 6.65. The van der Waals surface area contributed by atoms with Crippen molar-refractivity contribution in [1.29, 1.82) is 0 Å². The molecule has 31 heavy (non-hydrogen) atoms. The molecule has 0 aromatic heterocycles. The van der Waals surface area contributed by atoms with Crippen molar-refractivity contribution < 1.29 is 19.0 Å². The average molecular weight is 436 g/mol. The van der Waals surface area contributed by atoms with Crippen LogP contribution in [0.1, 0.15) is 25.5 Å². The molecule has 3 N–H and O–H groups in total. The maximum absolute atomic E-state index is 12.1. The molecule has 1 aromatic rings. The lowest BCUT2D eigenvalue weighted by molar-refractivity contribution is -0.128. The van der Waals surface area contributed by atoms with Crippen molar-refractivity contribution in [2.24, 2.45) is 10.4 Å². The first-order valence-electron chi connectivity index (χ1n) is 10.6. The predicted octanol–water partition coefficient (Wildman–Crippen LogP) is 1.01. The number of nitrogens with zero attached hydrogens (tertiary/aromatic N) is 2. The Morgan fingerprint density at radius 3 is 2.45 bits per heavy atom. The first kappa shape index (κ1) is 24.7. The van der Waals surface area contributed by atoms with E-state index in [0.717, 1.165) is 18.7 Å². The van der Waals surface area contributed by atoms with E-state index in [9.17, 15) is 4.79 Å². The van der Waals surface area contributed by atoms with Crippen LogP contribution in [0.15, 0.2) is 23.2 Å².